The predicted octanol–water partition coefficient (Wildman–Crippen LogP) is 1.91. The summed E-state index contributed by atoms with van der Waals surface area (Å²) in [6.45, 7) is 1.55. The van der Waals surface area contributed by atoms with Crippen LogP contribution in [0.15, 0.2) is 24.3 Å². The second kappa shape index (κ2) is 5.45. The van der Waals surface area contributed by atoms with Gasteiger partial charge in [0.1, 0.15) is 0 Å². The largest absolute Gasteiger partial charge is 0.349 e. The van der Waals surface area contributed by atoms with E-state index >= 15 is 0 Å². The van der Waals surface area contributed by atoms with E-state index < -0.39 is 0 Å². The van der Waals surface area contributed by atoms with Crippen LogP contribution in [-0.4, -0.2) is 30.7 Å². The van der Waals surface area contributed by atoms with Crippen LogP contribution >= 0.6 is 0 Å². The van der Waals surface area contributed by atoms with Crippen LogP contribution in [0, 0.1) is 0 Å². The maximum absolute atomic E-state index is 11.4. The van der Waals surface area contributed by atoms with Crippen molar-refractivity contribution in [2.45, 2.75) is 19.8 Å². The zero-order chi connectivity index (χ0) is 12.1. The van der Waals surface area contributed by atoms with Crippen molar-refractivity contribution < 1.29 is 9.59 Å². The summed E-state index contributed by atoms with van der Waals surface area (Å²) in [5.41, 5.74) is 1.79. The van der Waals surface area contributed by atoms with Crippen LogP contribution in [0.25, 0.3) is 0 Å². The van der Waals surface area contributed by atoms with Crippen molar-refractivity contribution in [1.29, 1.82) is 0 Å². The Morgan fingerprint density at radius 2 is 1.69 bits per heavy atom. The van der Waals surface area contributed by atoms with Gasteiger partial charge in [-0.1, -0.05) is 24.3 Å². The molecule has 1 amide bonds. The minimum Gasteiger partial charge on any atom is -0.349 e. The van der Waals surface area contributed by atoms with E-state index in [4.69, 9.17) is 0 Å². The minimum absolute atomic E-state index is 0.0657. The number of carbonyl (C=O) groups is 2. The summed E-state index contributed by atoms with van der Waals surface area (Å²) in [5.74, 6) is 0.187. The molecule has 3 nitrogen and oxygen atoms in total. The molecule has 0 atom stereocenters. The first kappa shape index (κ1) is 12.4. The lowest BCUT2D eigenvalue weighted by Gasteiger charge is -2.09. The summed E-state index contributed by atoms with van der Waals surface area (Å²) < 4.78 is 0. The zero-order valence-corrected chi connectivity index (χ0v) is 9.99. The molecular formula is C13H17NO2. The molecule has 0 fully saturated rings. The van der Waals surface area contributed by atoms with Gasteiger partial charge in [-0.25, -0.2) is 0 Å². The first-order valence-electron chi connectivity index (χ1n) is 5.30. The third-order valence-electron chi connectivity index (χ3n) is 2.49. The minimum atomic E-state index is 0.0657. The highest BCUT2D eigenvalue weighted by atomic mass is 16.2. The van der Waals surface area contributed by atoms with E-state index in [9.17, 15) is 9.59 Å². The Bertz CT molecular complexity index is 379. The fourth-order valence-corrected chi connectivity index (χ4v) is 1.38. The Labute approximate surface area is 96.1 Å². The average Bonchev–Trinajstić information content (AvgIpc) is 2.26. The van der Waals surface area contributed by atoms with E-state index in [1.807, 2.05) is 12.1 Å². The van der Waals surface area contributed by atoms with Crippen molar-refractivity contribution in [2.24, 2.45) is 0 Å². The van der Waals surface area contributed by atoms with E-state index in [0.717, 1.165) is 12.0 Å². The fourth-order valence-electron chi connectivity index (χ4n) is 1.38. The molecule has 0 N–H and O–H groups in total. The van der Waals surface area contributed by atoms with Crippen LogP contribution < -0.4 is 0 Å². The average molecular weight is 219 g/mol. The van der Waals surface area contributed by atoms with Gasteiger partial charge < -0.3 is 4.90 Å². The predicted molar refractivity (Wildman–Crippen MR) is 63.5 cm³/mol. The van der Waals surface area contributed by atoms with E-state index in [0.29, 0.717) is 12.0 Å². The first-order valence-corrected chi connectivity index (χ1v) is 5.30. The molecule has 0 aliphatic carbocycles. The normalized spacial score (nSPS) is 9.94. The van der Waals surface area contributed by atoms with Crippen molar-refractivity contribution in [3.8, 4) is 0 Å². The summed E-state index contributed by atoms with van der Waals surface area (Å²) in [7, 11) is 3.50. The molecule has 1 aromatic carbocycles. The van der Waals surface area contributed by atoms with Gasteiger partial charge in [-0.3, -0.25) is 9.59 Å². The van der Waals surface area contributed by atoms with Crippen LogP contribution in [0.2, 0.25) is 0 Å². The molecule has 16 heavy (non-hydrogen) atoms. The van der Waals surface area contributed by atoms with Crippen LogP contribution in [0.4, 0.5) is 0 Å². The van der Waals surface area contributed by atoms with E-state index in [-0.39, 0.29) is 11.7 Å². The molecule has 0 spiro atoms. The topological polar surface area (TPSA) is 37.4 Å². The molecule has 86 valence electrons. The van der Waals surface area contributed by atoms with E-state index in [2.05, 4.69) is 0 Å². The molecule has 0 radical (unpaired) electrons. The molecule has 0 heterocycles. The monoisotopic (exact) mass is 219 g/mol. The molecule has 1 rings (SSSR count). The number of aryl methyl sites for hydroxylation is 1. The Morgan fingerprint density at radius 3 is 2.12 bits per heavy atom. The highest BCUT2D eigenvalue weighted by Crippen LogP contribution is 2.07. The van der Waals surface area contributed by atoms with Gasteiger partial charge in [0, 0.05) is 26.1 Å². The van der Waals surface area contributed by atoms with Gasteiger partial charge in [0.05, 0.1) is 0 Å². The SMILES string of the molecule is CC(=O)c1ccc(CCC(=O)N(C)C)cc1. The van der Waals surface area contributed by atoms with Crippen molar-refractivity contribution in [3.63, 3.8) is 0 Å². The number of carbonyl (C=O) groups excluding carboxylic acids is 2. The lowest BCUT2D eigenvalue weighted by molar-refractivity contribution is -0.128. The van der Waals surface area contributed by atoms with Gasteiger partial charge in [0.25, 0.3) is 0 Å². The number of ketones is 1. The molecule has 3 heteroatoms. The van der Waals surface area contributed by atoms with E-state index in [1.54, 1.807) is 38.1 Å². The molecule has 0 aliphatic rings. The molecule has 0 aromatic heterocycles. The van der Waals surface area contributed by atoms with Crippen molar-refractivity contribution in [1.82, 2.24) is 4.90 Å². The summed E-state index contributed by atoms with van der Waals surface area (Å²) in [4.78, 5) is 24.0. The van der Waals surface area contributed by atoms with Crippen LogP contribution in [-0.2, 0) is 11.2 Å². The van der Waals surface area contributed by atoms with Crippen LogP contribution in [0.1, 0.15) is 29.3 Å². The Balaban J connectivity index is 2.56. The molecular weight excluding hydrogens is 202 g/mol. The number of benzene rings is 1. The van der Waals surface area contributed by atoms with Gasteiger partial charge in [-0.2, -0.15) is 0 Å². The summed E-state index contributed by atoms with van der Waals surface area (Å²) in [6, 6.07) is 7.41. The highest BCUT2D eigenvalue weighted by molar-refractivity contribution is 5.94. The summed E-state index contributed by atoms with van der Waals surface area (Å²) in [5, 5.41) is 0. The third-order valence-corrected chi connectivity index (χ3v) is 2.49. The van der Waals surface area contributed by atoms with Gasteiger partial charge in [0.2, 0.25) is 5.91 Å². The fraction of sp³-hybridized carbons (Fsp3) is 0.385. The van der Waals surface area contributed by atoms with Crippen LogP contribution in [0.5, 0.6) is 0 Å². The van der Waals surface area contributed by atoms with E-state index in [1.165, 1.54) is 0 Å². The maximum Gasteiger partial charge on any atom is 0.222 e. The molecule has 0 unspecified atom stereocenters. The number of rotatable bonds is 4. The highest BCUT2D eigenvalue weighted by Gasteiger charge is 2.04. The third kappa shape index (κ3) is 3.50. The van der Waals surface area contributed by atoms with Gasteiger partial charge in [0.15, 0.2) is 5.78 Å². The number of nitrogens with zero attached hydrogens (tertiary/aromatic N) is 1. The summed E-state index contributed by atoms with van der Waals surface area (Å²) >= 11 is 0. The molecule has 1 aromatic rings. The lowest BCUT2D eigenvalue weighted by Crippen LogP contribution is -2.21. The first-order chi connectivity index (χ1) is 7.50. The Hall–Kier alpha value is -1.64. The molecule has 0 aliphatic heterocycles. The Kier molecular flexibility index (Phi) is 4.23. The number of Topliss-reactive ketones (excluding diaryl/α,β-unsaturated/α-hetero) is 1. The second-order valence-corrected chi connectivity index (χ2v) is 4.04. The maximum atomic E-state index is 11.4. The van der Waals surface area contributed by atoms with Gasteiger partial charge in [-0.05, 0) is 18.9 Å². The number of hydrogen-bond donors (Lipinski definition) is 0. The lowest BCUT2D eigenvalue weighted by atomic mass is 10.1. The quantitative estimate of drug-likeness (QED) is 0.725. The zero-order valence-electron chi connectivity index (χ0n) is 9.99. The van der Waals surface area contributed by atoms with Crippen molar-refractivity contribution in [3.05, 3.63) is 35.4 Å². The van der Waals surface area contributed by atoms with Crippen molar-refractivity contribution in [2.75, 3.05) is 14.1 Å². The number of amides is 1. The van der Waals surface area contributed by atoms with Crippen molar-refractivity contribution >= 4 is 11.7 Å². The summed E-state index contributed by atoms with van der Waals surface area (Å²) in [6.07, 6.45) is 1.22. The molecule has 0 saturated heterocycles. The molecule has 0 bridgehead atoms. The van der Waals surface area contributed by atoms with Gasteiger partial charge >= 0.3 is 0 Å². The van der Waals surface area contributed by atoms with Gasteiger partial charge in [-0.15, -0.1) is 0 Å². The second-order valence-electron chi connectivity index (χ2n) is 4.04. The Morgan fingerprint density at radius 1 is 1.12 bits per heavy atom. The standard InChI is InChI=1S/C13H17NO2/c1-10(15)12-7-4-11(5-8-12)6-9-13(16)14(2)3/h4-5,7-8H,6,9H2,1-3H3. The van der Waals surface area contributed by atoms with Crippen LogP contribution in [0.3, 0.4) is 0 Å². The number of hydrogen-bond acceptors (Lipinski definition) is 2. The smallest absolute Gasteiger partial charge is 0.222 e. The molecule has 0 saturated carbocycles.